The topological polar surface area (TPSA) is 230 Å². The van der Waals surface area contributed by atoms with Gasteiger partial charge >= 0.3 is 0 Å². The van der Waals surface area contributed by atoms with E-state index < -0.39 is 20.0 Å². The van der Waals surface area contributed by atoms with Crippen LogP contribution in [0.25, 0.3) is 11.3 Å². The molecule has 2 aromatic carbocycles. The molecule has 12 rings (SSSR count). The highest BCUT2D eigenvalue weighted by Gasteiger charge is 2.35. The van der Waals surface area contributed by atoms with E-state index in [1.54, 1.807) is 21.9 Å². The molecule has 30 heteroatoms. The molecule has 6 aliphatic rings. The van der Waals surface area contributed by atoms with Gasteiger partial charge in [0, 0.05) is 126 Å². The minimum atomic E-state index is -3.61. The zero-order valence-electron chi connectivity index (χ0n) is 48.2. The van der Waals surface area contributed by atoms with Gasteiger partial charge in [-0.1, -0.05) is 46.4 Å². The molecule has 2 atom stereocenters. The zero-order valence-corrected chi connectivity index (χ0v) is 52.9. The zero-order chi connectivity index (χ0) is 61.1. The summed E-state index contributed by atoms with van der Waals surface area (Å²) in [5.41, 5.74) is 3.32. The van der Waals surface area contributed by atoms with Gasteiger partial charge in [0.1, 0.15) is 35.3 Å². The van der Waals surface area contributed by atoms with Gasteiger partial charge in [-0.05, 0) is 101 Å². The number of carbonyl (C=O) groups excluding carboxylic acids is 2. The predicted octanol–water partition coefficient (Wildman–Crippen LogP) is 7.69. The van der Waals surface area contributed by atoms with Crippen molar-refractivity contribution in [2.75, 3.05) is 150 Å². The second-order valence-electron chi connectivity index (χ2n) is 21.9. The van der Waals surface area contributed by atoms with E-state index in [0.29, 0.717) is 59.1 Å². The van der Waals surface area contributed by atoms with Crippen molar-refractivity contribution in [1.29, 1.82) is 0 Å². The molecule has 0 radical (unpaired) electrons. The van der Waals surface area contributed by atoms with Gasteiger partial charge in [0.25, 0.3) is 11.8 Å². The number of carbonyl (C=O) groups is 2. The molecule has 0 spiro atoms. The number of aromatic nitrogens is 6. The summed E-state index contributed by atoms with van der Waals surface area (Å²) in [4.78, 5) is 48.9. The Morgan fingerprint density at radius 3 is 1.51 bits per heavy atom. The lowest BCUT2D eigenvalue weighted by molar-refractivity contribution is 0.0600. The molecule has 0 unspecified atom stereocenters. The van der Waals surface area contributed by atoms with Gasteiger partial charge in [-0.2, -0.15) is 14.7 Å². The second kappa shape index (κ2) is 29.7. The van der Waals surface area contributed by atoms with Crippen LogP contribution in [0.1, 0.15) is 95.6 Å². The molecule has 4 aromatic heterocycles. The van der Waals surface area contributed by atoms with E-state index in [4.69, 9.17) is 56.5 Å². The molecule has 0 bridgehead atoms. The van der Waals surface area contributed by atoms with Crippen molar-refractivity contribution >= 4 is 113 Å². The van der Waals surface area contributed by atoms with Crippen molar-refractivity contribution in [3.63, 3.8) is 0 Å². The van der Waals surface area contributed by atoms with Gasteiger partial charge in [0.05, 0.1) is 58.5 Å². The van der Waals surface area contributed by atoms with Crippen molar-refractivity contribution in [1.82, 2.24) is 59.4 Å². The molecule has 6 aliphatic heterocycles. The number of halogens is 6. The van der Waals surface area contributed by atoms with E-state index in [1.807, 2.05) is 10.6 Å². The standard InChI is InChI=1S/C28H36ClFN8O3S.C19H18Cl3N5O3S.C6H13FN2.C3H7N/c1-42(40,41)33-22-7-6-20(29)17-21(22)28(39)37-11-3-2-5-24(37)23-18-26-31-25(35-9-4-10-35)19-27(38(26)32-23)36-15-13-34(12-8-30)14-16-36;1-31(29,30)25-13-6-5-11(20)8-12(13)19(28)26-7-3-2-4-15(26)14-9-18-23-16(21)10-17(22)27(18)24-14;7-1-4-9-5-2-8-3-6-9;1-2-4-3-1/h6-7,17-19,24,33H,2-5,8-16H2,1H3;5-6,8-10,15,25H,2-4,7H2,1H3;8H,1-6H2;4H,1-3H2/t24-;15-;;/m00../s1. The summed E-state index contributed by atoms with van der Waals surface area (Å²) in [5.74, 6) is 1.21. The largest absolute Gasteiger partial charge is 0.356 e. The van der Waals surface area contributed by atoms with Crippen LogP contribution in [0.3, 0.4) is 0 Å². The molecule has 6 aromatic rings. The van der Waals surface area contributed by atoms with Crippen LogP contribution in [0.15, 0.2) is 60.7 Å². The first-order valence-electron chi connectivity index (χ1n) is 29.0. The second-order valence-corrected chi connectivity index (χ2v) is 27.1. The fourth-order valence-corrected chi connectivity index (χ4v) is 12.9. The monoisotopic (exact) mass is 1310 g/mol. The van der Waals surface area contributed by atoms with Crippen LogP contribution < -0.4 is 29.9 Å². The van der Waals surface area contributed by atoms with Gasteiger partial charge in [-0.25, -0.2) is 40.1 Å². The Labute approximate surface area is 520 Å². The maximum absolute atomic E-state index is 14.0. The van der Waals surface area contributed by atoms with Crippen molar-refractivity contribution in [3.8, 4) is 0 Å². The van der Waals surface area contributed by atoms with Crippen molar-refractivity contribution in [2.45, 2.75) is 63.5 Å². The highest BCUT2D eigenvalue weighted by molar-refractivity contribution is 7.92. The van der Waals surface area contributed by atoms with Gasteiger partial charge in [-0.3, -0.25) is 28.8 Å². The van der Waals surface area contributed by atoms with Gasteiger partial charge < -0.3 is 30.2 Å². The Hall–Kier alpha value is -5.42. The third kappa shape index (κ3) is 17.0. The normalized spacial score (nSPS) is 19.5. The summed E-state index contributed by atoms with van der Waals surface area (Å²) in [7, 11) is -7.19. The quantitative estimate of drug-likeness (QED) is 0.0766. The van der Waals surface area contributed by atoms with Crippen molar-refractivity contribution in [3.05, 3.63) is 104 Å². The van der Waals surface area contributed by atoms with Crippen LogP contribution in [0, 0.1) is 0 Å². The number of sulfonamides is 2. The number of nitrogens with zero attached hydrogens (tertiary/aromatic N) is 12. The van der Waals surface area contributed by atoms with Crippen molar-refractivity contribution < 1.29 is 35.2 Å². The van der Waals surface area contributed by atoms with Gasteiger partial charge in [0.15, 0.2) is 11.3 Å². The Balaban J connectivity index is 0.000000174. The van der Waals surface area contributed by atoms with E-state index in [-0.39, 0.29) is 64.9 Å². The minimum Gasteiger partial charge on any atom is -0.356 e. The molecule has 22 nitrogen and oxygen atoms in total. The highest BCUT2D eigenvalue weighted by atomic mass is 35.5. The molecular formula is C56H74Cl4F2N16O6S2. The first-order chi connectivity index (χ1) is 41.2. The average molecular weight is 1310 g/mol. The number of alkyl halides is 2. The smallest absolute Gasteiger partial charge is 0.256 e. The first-order valence-corrected chi connectivity index (χ1v) is 34.3. The number of hydrogen-bond acceptors (Lipinski definition) is 16. The number of likely N-dealkylation sites (tertiary alicyclic amines) is 2. The Bertz CT molecular complexity index is 3540. The van der Waals surface area contributed by atoms with Crippen LogP contribution >= 0.6 is 46.4 Å². The Morgan fingerprint density at radius 2 is 1.05 bits per heavy atom. The fourth-order valence-electron chi connectivity index (χ4n) is 10.9. The molecule has 2 amide bonds. The lowest BCUT2D eigenvalue weighted by atomic mass is 9.98. The van der Waals surface area contributed by atoms with E-state index in [0.717, 1.165) is 139 Å². The fraction of sp³-hybridized carbons (Fsp3) is 0.536. The van der Waals surface area contributed by atoms with Gasteiger partial charge in [-0.15, -0.1) is 0 Å². The summed E-state index contributed by atoms with van der Waals surface area (Å²) in [6.45, 7) is 13.0. The van der Waals surface area contributed by atoms with E-state index in [2.05, 4.69) is 55.8 Å². The average Bonchev–Trinajstić information content (AvgIpc) is 2.04. The summed E-state index contributed by atoms with van der Waals surface area (Å²) in [6.07, 6.45) is 9.50. The number of fused-ring (bicyclic) bond motifs is 2. The maximum atomic E-state index is 14.0. The highest BCUT2D eigenvalue weighted by Crippen LogP contribution is 2.37. The van der Waals surface area contributed by atoms with Crippen LogP contribution in [-0.2, 0) is 20.0 Å². The summed E-state index contributed by atoms with van der Waals surface area (Å²) >= 11 is 24.6. The number of hydrogen-bond donors (Lipinski definition) is 4. The molecule has 468 valence electrons. The molecule has 10 heterocycles. The number of piperazine rings is 2. The summed E-state index contributed by atoms with van der Waals surface area (Å²) in [5, 5.41) is 17.1. The number of piperidine rings is 2. The molecule has 4 N–H and O–H groups in total. The summed E-state index contributed by atoms with van der Waals surface area (Å²) in [6, 6.07) is 15.7. The predicted molar refractivity (Wildman–Crippen MR) is 335 cm³/mol. The molecule has 0 saturated carbocycles. The van der Waals surface area contributed by atoms with Crippen LogP contribution in [0.4, 0.5) is 31.8 Å². The maximum Gasteiger partial charge on any atom is 0.256 e. The van der Waals surface area contributed by atoms with E-state index in [9.17, 15) is 35.2 Å². The molecule has 6 saturated heterocycles. The number of rotatable bonds is 14. The Kier molecular flexibility index (Phi) is 22.5. The third-order valence-electron chi connectivity index (χ3n) is 15.6. The molecule has 86 heavy (non-hydrogen) atoms. The SMILES string of the molecule is C1CNC1.CS(=O)(=O)Nc1ccc(Cl)cc1C(=O)N1CCCC[C@H]1c1cc2nc(Cl)cc(Cl)n2n1.CS(=O)(=O)Nc1ccc(Cl)cc1C(=O)N1CCCC[C@H]1c1cc2nc(N3CCC3)cc(N3CCN(CCF)CC3)n2n1.FCCN1CCNCC1. The van der Waals surface area contributed by atoms with E-state index >= 15 is 0 Å². The lowest BCUT2D eigenvalue weighted by Gasteiger charge is -2.37. The van der Waals surface area contributed by atoms with Crippen LogP contribution in [0.2, 0.25) is 20.4 Å². The molecule has 6 fully saturated rings. The molecular weight excluding hydrogens is 1240 g/mol. The third-order valence-corrected chi connectivity index (χ3v) is 17.7. The number of benzene rings is 2. The number of anilines is 4. The molecule has 0 aliphatic carbocycles. The van der Waals surface area contributed by atoms with Crippen molar-refractivity contribution in [2.24, 2.45) is 0 Å². The minimum absolute atomic E-state index is 0.174. The first kappa shape index (κ1) is 65.0. The van der Waals surface area contributed by atoms with Gasteiger partial charge in [0.2, 0.25) is 20.0 Å². The lowest BCUT2D eigenvalue weighted by Crippen LogP contribution is -2.47. The Morgan fingerprint density at radius 1 is 0.558 bits per heavy atom. The number of nitrogens with one attached hydrogen (secondary N) is 4. The van der Waals surface area contributed by atoms with Crippen LogP contribution in [0.5, 0.6) is 0 Å². The van der Waals surface area contributed by atoms with Crippen LogP contribution in [-0.4, -0.2) is 208 Å². The van der Waals surface area contributed by atoms with E-state index in [1.165, 1.54) is 60.4 Å². The summed E-state index contributed by atoms with van der Waals surface area (Å²) < 4.78 is 80.4. The number of amides is 2.